The molecule has 1 saturated carbocycles. The summed E-state index contributed by atoms with van der Waals surface area (Å²) < 4.78 is 4.04. The lowest BCUT2D eigenvalue weighted by molar-refractivity contribution is 0.195. The molecule has 5 heterocycles. The van der Waals surface area contributed by atoms with Crippen molar-refractivity contribution in [2.75, 3.05) is 9.80 Å². The first kappa shape index (κ1) is 42.8. The Kier molecular flexibility index (Phi) is 8.52. The monoisotopic (exact) mass is 910 g/mol. The molecule has 8 aromatic rings. The van der Waals surface area contributed by atoms with Crippen molar-refractivity contribution >= 4 is 94.1 Å². The smallest absolute Gasteiger partial charge is 0.252 e. The summed E-state index contributed by atoms with van der Waals surface area (Å²) in [5.74, 6) is 0. The van der Waals surface area contributed by atoms with E-state index in [1.54, 1.807) is 0 Å². The van der Waals surface area contributed by atoms with Crippen LogP contribution in [0, 0.1) is 6.92 Å². The molecule has 0 saturated heterocycles. The van der Waals surface area contributed by atoms with Crippen LogP contribution in [-0.4, -0.2) is 16.8 Å². The van der Waals surface area contributed by atoms with E-state index in [2.05, 4.69) is 208 Å². The lowest BCUT2D eigenvalue weighted by atomic mass is 9.33. The first-order valence-corrected chi connectivity index (χ1v) is 26.6. The predicted octanol–water partition coefficient (Wildman–Crippen LogP) is 15.6. The first-order chi connectivity index (χ1) is 32.1. The largest absolute Gasteiger partial charge is 0.334 e. The summed E-state index contributed by atoms with van der Waals surface area (Å²) in [6, 6.07) is 42.1. The van der Waals surface area contributed by atoms with Gasteiger partial charge in [-0.1, -0.05) is 138 Å². The van der Waals surface area contributed by atoms with Crippen molar-refractivity contribution in [2.45, 2.75) is 161 Å². The Labute approximate surface area is 409 Å². The molecule has 68 heavy (non-hydrogen) atoms. The van der Waals surface area contributed by atoms with Crippen molar-refractivity contribution in [2.24, 2.45) is 0 Å². The highest BCUT2D eigenvalue weighted by molar-refractivity contribution is 7.26. The molecular formula is C63H68BN3S. The lowest BCUT2D eigenvalue weighted by Gasteiger charge is -2.50. The second-order valence-corrected chi connectivity index (χ2v) is 26.7. The molecule has 3 nitrogen and oxygen atoms in total. The van der Waals surface area contributed by atoms with E-state index < -0.39 is 0 Å². The number of aryl methyl sites for hydroxylation is 1. The minimum atomic E-state index is -0.0612. The zero-order valence-corrected chi connectivity index (χ0v) is 43.7. The maximum absolute atomic E-state index is 2.81. The Bertz CT molecular complexity index is 3510. The summed E-state index contributed by atoms with van der Waals surface area (Å²) in [5.41, 5.74) is 22.5. The van der Waals surface area contributed by atoms with Crippen molar-refractivity contribution in [1.82, 2.24) is 4.57 Å². The van der Waals surface area contributed by atoms with E-state index in [0.717, 1.165) is 0 Å². The fraction of sp³-hybridized carbons (Fsp3) is 0.397. The zero-order chi connectivity index (χ0) is 47.4. The molecule has 0 amide bonds. The van der Waals surface area contributed by atoms with Crippen LogP contribution < -0.4 is 26.2 Å². The third kappa shape index (κ3) is 5.54. The molecule has 6 aromatic carbocycles. The van der Waals surface area contributed by atoms with Gasteiger partial charge in [-0.25, -0.2) is 0 Å². The Morgan fingerprint density at radius 2 is 1.26 bits per heavy atom. The van der Waals surface area contributed by atoms with E-state index in [4.69, 9.17) is 0 Å². The van der Waals surface area contributed by atoms with Gasteiger partial charge in [0.15, 0.2) is 0 Å². The third-order valence-corrected chi connectivity index (χ3v) is 19.7. The molecule has 0 bridgehead atoms. The zero-order valence-electron chi connectivity index (χ0n) is 42.9. The normalized spacial score (nSPS) is 22.1. The highest BCUT2D eigenvalue weighted by Gasteiger charge is 2.58. The van der Waals surface area contributed by atoms with Crippen LogP contribution in [0.1, 0.15) is 155 Å². The molecule has 3 aliphatic heterocycles. The number of fused-ring (bicyclic) bond motifs is 13. The number of hydrogen-bond acceptors (Lipinski definition) is 3. The maximum Gasteiger partial charge on any atom is 0.252 e. The van der Waals surface area contributed by atoms with E-state index in [-0.39, 0.29) is 39.3 Å². The number of hydrogen-bond donors (Lipinski definition) is 0. The number of anilines is 5. The molecule has 0 N–H and O–H groups in total. The Balaban J connectivity index is 1.13. The van der Waals surface area contributed by atoms with Crippen LogP contribution in [-0.2, 0) is 27.1 Å². The summed E-state index contributed by atoms with van der Waals surface area (Å²) in [7, 11) is 0. The standard InChI is InChI=1S/C63H68BN3S/c1-37-30-51-55-52(31-37)66-56-43(54-42-18-14-15-19-53(42)68-57(54)66)32-39(59(5,6)7)34-48(56)64(55)47-24-22-41(36-50(47)65(51)40-21-23-44-45(35-40)61(10,11)29-28-60(44,8)9)67-49-25-20-38(58(2,3)4)33-46(49)62(12)26-16-17-27-63(62,67)13/h14-15,18-25,30-36H,16-17,26-29H2,1-13H3. The molecule has 1 fully saturated rings. The summed E-state index contributed by atoms with van der Waals surface area (Å²) in [6.45, 7) is 31.7. The molecule has 2 atom stereocenters. The van der Waals surface area contributed by atoms with Gasteiger partial charge in [0.2, 0.25) is 0 Å². The molecule has 0 spiro atoms. The highest BCUT2D eigenvalue weighted by Crippen LogP contribution is 2.62. The van der Waals surface area contributed by atoms with Crippen LogP contribution in [0.5, 0.6) is 0 Å². The minimum absolute atomic E-state index is 0.0312. The SMILES string of the molecule is Cc1cc2c3c(c1)-n1c4sc5ccccc5c4c4cc(C(C)(C)C)cc(c41)B3c1ccc(N3c4ccc(C(C)(C)C)cc4C4(C)CCCCC34C)cc1N2c1ccc2c(c1)C(C)(C)CCC2(C)C. The van der Waals surface area contributed by atoms with Gasteiger partial charge in [0.1, 0.15) is 4.83 Å². The Morgan fingerprint density at radius 1 is 0.559 bits per heavy atom. The van der Waals surface area contributed by atoms with Crippen molar-refractivity contribution in [3.05, 3.63) is 137 Å². The van der Waals surface area contributed by atoms with E-state index in [1.165, 1.54) is 154 Å². The van der Waals surface area contributed by atoms with Crippen molar-refractivity contribution < 1.29 is 0 Å². The number of nitrogens with zero attached hydrogens (tertiary/aromatic N) is 3. The van der Waals surface area contributed by atoms with Crippen LogP contribution in [0.25, 0.3) is 36.9 Å². The van der Waals surface area contributed by atoms with Gasteiger partial charge in [-0.15, -0.1) is 11.3 Å². The van der Waals surface area contributed by atoms with Crippen LogP contribution >= 0.6 is 11.3 Å². The summed E-state index contributed by atoms with van der Waals surface area (Å²) in [4.78, 5) is 6.88. The molecule has 2 unspecified atom stereocenters. The Hall–Kier alpha value is -5.26. The topological polar surface area (TPSA) is 11.4 Å². The fourth-order valence-electron chi connectivity index (χ4n) is 14.3. The highest BCUT2D eigenvalue weighted by atomic mass is 32.1. The third-order valence-electron chi connectivity index (χ3n) is 18.5. The van der Waals surface area contributed by atoms with E-state index in [1.807, 2.05) is 11.3 Å². The fourth-order valence-corrected chi connectivity index (χ4v) is 15.5. The minimum Gasteiger partial charge on any atom is -0.334 e. The van der Waals surface area contributed by atoms with Crippen LogP contribution in [0.2, 0.25) is 0 Å². The van der Waals surface area contributed by atoms with E-state index in [0.29, 0.717) is 0 Å². The van der Waals surface area contributed by atoms with Crippen molar-refractivity contribution in [1.29, 1.82) is 0 Å². The molecule has 2 aromatic heterocycles. The molecule has 344 valence electrons. The first-order valence-electron chi connectivity index (χ1n) is 25.8. The van der Waals surface area contributed by atoms with Gasteiger partial charge < -0.3 is 14.4 Å². The predicted molar refractivity (Wildman–Crippen MR) is 296 cm³/mol. The Morgan fingerprint density at radius 3 is 2.03 bits per heavy atom. The maximum atomic E-state index is 2.81. The second-order valence-electron chi connectivity index (χ2n) is 25.7. The molecular weight excluding hydrogens is 842 g/mol. The summed E-state index contributed by atoms with van der Waals surface area (Å²) in [5, 5.41) is 4.16. The van der Waals surface area contributed by atoms with Gasteiger partial charge in [0.05, 0.1) is 11.1 Å². The van der Waals surface area contributed by atoms with Gasteiger partial charge in [-0.2, -0.15) is 0 Å². The van der Waals surface area contributed by atoms with Crippen molar-refractivity contribution in [3.63, 3.8) is 0 Å². The van der Waals surface area contributed by atoms with Crippen molar-refractivity contribution in [3.8, 4) is 5.69 Å². The number of aromatic nitrogens is 1. The molecule has 2 aliphatic carbocycles. The summed E-state index contributed by atoms with van der Waals surface area (Å²) in [6.07, 6.45) is 7.31. The number of rotatable bonds is 2. The van der Waals surface area contributed by atoms with E-state index >= 15 is 0 Å². The van der Waals surface area contributed by atoms with Gasteiger partial charge >= 0.3 is 0 Å². The number of benzene rings is 6. The van der Waals surface area contributed by atoms with Crippen LogP contribution in [0.4, 0.5) is 28.4 Å². The lowest BCUT2D eigenvalue weighted by Crippen LogP contribution is -2.60. The molecule has 5 heteroatoms. The summed E-state index contributed by atoms with van der Waals surface area (Å²) >= 11 is 1.96. The van der Waals surface area contributed by atoms with Gasteiger partial charge in [-0.3, -0.25) is 0 Å². The molecule has 13 rings (SSSR count). The van der Waals surface area contributed by atoms with Gasteiger partial charge in [0, 0.05) is 60.4 Å². The van der Waals surface area contributed by atoms with Crippen LogP contribution in [0.15, 0.2) is 103 Å². The van der Waals surface area contributed by atoms with Gasteiger partial charge in [-0.05, 0) is 166 Å². The quantitative estimate of drug-likeness (QED) is 0.160. The average Bonchev–Trinajstić information content (AvgIpc) is 3.89. The van der Waals surface area contributed by atoms with E-state index in [9.17, 15) is 0 Å². The molecule has 5 aliphatic rings. The number of thiophene rings is 1. The second kappa shape index (κ2) is 13.5. The molecule has 0 radical (unpaired) electrons. The van der Waals surface area contributed by atoms with Gasteiger partial charge in [0.25, 0.3) is 6.71 Å². The average molecular weight is 910 g/mol. The van der Waals surface area contributed by atoms with Crippen LogP contribution in [0.3, 0.4) is 0 Å².